The lowest BCUT2D eigenvalue weighted by Crippen LogP contribution is -2.41. The van der Waals surface area contributed by atoms with E-state index in [1.807, 2.05) is 20.8 Å². The van der Waals surface area contributed by atoms with Crippen molar-refractivity contribution in [2.45, 2.75) is 44.8 Å². The molecule has 0 aromatic heterocycles. The van der Waals surface area contributed by atoms with Gasteiger partial charge < -0.3 is 10.1 Å². The Morgan fingerprint density at radius 2 is 2.23 bits per heavy atom. The summed E-state index contributed by atoms with van der Waals surface area (Å²) in [4.78, 5) is 11.7. The second-order valence-corrected chi connectivity index (χ2v) is 5.09. The number of ether oxygens (including phenoxy) is 1. The van der Waals surface area contributed by atoms with Crippen LogP contribution in [0, 0.1) is 5.92 Å². The lowest BCUT2D eigenvalue weighted by atomic mass is 10.1. The van der Waals surface area contributed by atoms with Crippen LogP contribution in [-0.4, -0.2) is 23.7 Å². The van der Waals surface area contributed by atoms with Crippen LogP contribution in [0.25, 0.3) is 0 Å². The molecule has 1 N–H and O–H groups in total. The standard InChI is InChI=1S/C10H17NO2/c1-9(2,3)13-8(12)10-6-7(10)4-5-11-10/h7,11H,4-6H2,1-3H3/t7-,10+/m0/s1. The minimum atomic E-state index is -0.358. The summed E-state index contributed by atoms with van der Waals surface area (Å²) in [6, 6.07) is 0. The molecule has 3 nitrogen and oxygen atoms in total. The normalized spacial score (nSPS) is 37.0. The number of piperidine rings is 1. The smallest absolute Gasteiger partial charge is 0.327 e. The van der Waals surface area contributed by atoms with Gasteiger partial charge in [0.15, 0.2) is 0 Å². The molecule has 0 aromatic carbocycles. The van der Waals surface area contributed by atoms with E-state index in [1.165, 1.54) is 0 Å². The molecule has 1 saturated carbocycles. The quantitative estimate of drug-likeness (QED) is 0.618. The molecule has 0 aromatic rings. The molecule has 1 heterocycles. The number of rotatable bonds is 1. The van der Waals surface area contributed by atoms with E-state index in [4.69, 9.17) is 4.74 Å². The fourth-order valence-electron chi connectivity index (χ4n) is 2.06. The van der Waals surface area contributed by atoms with Crippen LogP contribution in [0.5, 0.6) is 0 Å². The molecule has 2 aliphatic rings. The molecular weight excluding hydrogens is 166 g/mol. The summed E-state index contributed by atoms with van der Waals surface area (Å²) in [5.41, 5.74) is -0.642. The average Bonchev–Trinajstić information content (AvgIpc) is 2.52. The van der Waals surface area contributed by atoms with Gasteiger partial charge in [-0.25, -0.2) is 0 Å². The van der Waals surface area contributed by atoms with E-state index in [1.54, 1.807) is 0 Å². The van der Waals surface area contributed by atoms with E-state index in [9.17, 15) is 4.79 Å². The highest BCUT2D eigenvalue weighted by Crippen LogP contribution is 2.50. The third-order valence-corrected chi connectivity index (χ3v) is 2.80. The third kappa shape index (κ3) is 1.46. The lowest BCUT2D eigenvalue weighted by Gasteiger charge is -2.23. The predicted molar refractivity (Wildman–Crippen MR) is 49.3 cm³/mol. The number of hydrogen-bond acceptors (Lipinski definition) is 3. The van der Waals surface area contributed by atoms with Gasteiger partial charge in [0, 0.05) is 0 Å². The molecule has 0 bridgehead atoms. The van der Waals surface area contributed by atoms with Crippen molar-refractivity contribution >= 4 is 5.97 Å². The Kier molecular flexibility index (Phi) is 1.71. The molecule has 0 radical (unpaired) electrons. The number of nitrogens with one attached hydrogen (secondary N) is 1. The summed E-state index contributed by atoms with van der Waals surface area (Å²) in [6.07, 6.45) is 2.10. The molecule has 0 unspecified atom stereocenters. The molecular formula is C10H17NO2. The average molecular weight is 183 g/mol. The van der Waals surface area contributed by atoms with E-state index in [0.29, 0.717) is 5.92 Å². The second kappa shape index (κ2) is 2.47. The Morgan fingerprint density at radius 1 is 1.54 bits per heavy atom. The maximum absolute atomic E-state index is 11.7. The highest BCUT2D eigenvalue weighted by atomic mass is 16.6. The molecule has 13 heavy (non-hydrogen) atoms. The molecule has 3 heteroatoms. The molecule has 1 aliphatic heterocycles. The number of esters is 1. The van der Waals surface area contributed by atoms with Crippen LogP contribution in [-0.2, 0) is 9.53 Å². The molecule has 0 amide bonds. The van der Waals surface area contributed by atoms with Crippen molar-refractivity contribution in [3.05, 3.63) is 0 Å². The van der Waals surface area contributed by atoms with Crippen molar-refractivity contribution in [2.24, 2.45) is 5.92 Å². The largest absolute Gasteiger partial charge is 0.459 e. The second-order valence-electron chi connectivity index (χ2n) is 5.09. The Morgan fingerprint density at radius 3 is 2.62 bits per heavy atom. The van der Waals surface area contributed by atoms with Gasteiger partial charge in [-0.1, -0.05) is 0 Å². The van der Waals surface area contributed by atoms with Gasteiger partial charge >= 0.3 is 5.97 Å². The molecule has 2 atom stereocenters. The predicted octanol–water partition coefficient (Wildman–Crippen LogP) is 1.08. The lowest BCUT2D eigenvalue weighted by molar-refractivity contribution is -0.158. The van der Waals surface area contributed by atoms with Crippen molar-refractivity contribution in [3.63, 3.8) is 0 Å². The maximum Gasteiger partial charge on any atom is 0.327 e. The van der Waals surface area contributed by atoms with E-state index in [-0.39, 0.29) is 17.1 Å². The molecule has 1 aliphatic carbocycles. The minimum Gasteiger partial charge on any atom is -0.459 e. The van der Waals surface area contributed by atoms with Gasteiger partial charge in [0.05, 0.1) is 0 Å². The van der Waals surface area contributed by atoms with Crippen molar-refractivity contribution in [1.29, 1.82) is 0 Å². The first-order valence-corrected chi connectivity index (χ1v) is 4.92. The van der Waals surface area contributed by atoms with Crippen LogP contribution in [0.1, 0.15) is 33.6 Å². The molecule has 2 rings (SSSR count). The maximum atomic E-state index is 11.7. The van der Waals surface area contributed by atoms with E-state index in [0.717, 1.165) is 19.4 Å². The number of fused-ring (bicyclic) bond motifs is 1. The Hall–Kier alpha value is -0.570. The van der Waals surface area contributed by atoms with Crippen molar-refractivity contribution in [1.82, 2.24) is 5.32 Å². The number of carbonyl (C=O) groups excluding carboxylic acids is 1. The Balaban J connectivity index is 1.99. The molecule has 0 spiro atoms. The Labute approximate surface area is 78.8 Å². The van der Waals surface area contributed by atoms with Gasteiger partial charge in [-0.15, -0.1) is 0 Å². The first-order chi connectivity index (χ1) is 5.94. The van der Waals surface area contributed by atoms with Crippen LogP contribution < -0.4 is 5.32 Å². The van der Waals surface area contributed by atoms with Crippen molar-refractivity contribution in [2.75, 3.05) is 6.54 Å². The van der Waals surface area contributed by atoms with E-state index >= 15 is 0 Å². The summed E-state index contributed by atoms with van der Waals surface area (Å²) in [6.45, 7) is 6.69. The van der Waals surface area contributed by atoms with Gasteiger partial charge in [-0.05, 0) is 46.1 Å². The Bertz CT molecular complexity index is 244. The van der Waals surface area contributed by atoms with Crippen LogP contribution in [0.15, 0.2) is 0 Å². The first-order valence-electron chi connectivity index (χ1n) is 4.92. The number of hydrogen-bond donors (Lipinski definition) is 1. The van der Waals surface area contributed by atoms with Gasteiger partial charge in [-0.3, -0.25) is 4.79 Å². The van der Waals surface area contributed by atoms with Gasteiger partial charge in [0.2, 0.25) is 0 Å². The summed E-state index contributed by atoms with van der Waals surface area (Å²) < 4.78 is 5.36. The monoisotopic (exact) mass is 183 g/mol. The van der Waals surface area contributed by atoms with Crippen LogP contribution in [0.4, 0.5) is 0 Å². The summed E-state index contributed by atoms with van der Waals surface area (Å²) in [5, 5.41) is 3.25. The zero-order valence-electron chi connectivity index (χ0n) is 8.52. The number of carbonyl (C=O) groups is 1. The third-order valence-electron chi connectivity index (χ3n) is 2.80. The first kappa shape index (κ1) is 9.00. The van der Waals surface area contributed by atoms with Crippen LogP contribution in [0.2, 0.25) is 0 Å². The fraction of sp³-hybridized carbons (Fsp3) is 0.900. The highest BCUT2D eigenvalue weighted by Gasteiger charge is 2.64. The SMILES string of the molecule is CC(C)(C)OC(=O)[C@@]12C[C@@H]1CCN2. The van der Waals surface area contributed by atoms with E-state index in [2.05, 4.69) is 5.32 Å². The van der Waals surface area contributed by atoms with Gasteiger partial charge in [0.1, 0.15) is 11.1 Å². The highest BCUT2D eigenvalue weighted by molar-refractivity contribution is 5.86. The summed E-state index contributed by atoms with van der Waals surface area (Å²) in [5.74, 6) is 0.491. The van der Waals surface area contributed by atoms with E-state index < -0.39 is 0 Å². The topological polar surface area (TPSA) is 38.3 Å². The molecule has 74 valence electrons. The van der Waals surface area contributed by atoms with Crippen molar-refractivity contribution < 1.29 is 9.53 Å². The summed E-state index contributed by atoms with van der Waals surface area (Å²) >= 11 is 0. The molecule has 2 fully saturated rings. The minimum absolute atomic E-state index is 0.0532. The zero-order valence-corrected chi connectivity index (χ0v) is 8.52. The summed E-state index contributed by atoms with van der Waals surface area (Å²) in [7, 11) is 0. The van der Waals surface area contributed by atoms with Crippen LogP contribution >= 0.6 is 0 Å². The van der Waals surface area contributed by atoms with Gasteiger partial charge in [-0.2, -0.15) is 0 Å². The zero-order chi connectivity index (χ0) is 9.69. The fourth-order valence-corrected chi connectivity index (χ4v) is 2.06. The molecule has 1 saturated heterocycles. The van der Waals surface area contributed by atoms with Gasteiger partial charge in [0.25, 0.3) is 0 Å². The van der Waals surface area contributed by atoms with Crippen molar-refractivity contribution in [3.8, 4) is 0 Å². The van der Waals surface area contributed by atoms with Crippen LogP contribution in [0.3, 0.4) is 0 Å².